The van der Waals surface area contributed by atoms with E-state index in [1.807, 2.05) is 30.3 Å². The summed E-state index contributed by atoms with van der Waals surface area (Å²) in [7, 11) is 0. The summed E-state index contributed by atoms with van der Waals surface area (Å²) in [5.41, 5.74) is 0.840. The number of anilines is 1. The van der Waals surface area contributed by atoms with Crippen LogP contribution in [0.15, 0.2) is 53.1 Å². The lowest BCUT2D eigenvalue weighted by Crippen LogP contribution is -2.25. The van der Waals surface area contributed by atoms with E-state index in [1.165, 1.54) is 11.0 Å². The lowest BCUT2D eigenvalue weighted by Gasteiger charge is -2.16. The van der Waals surface area contributed by atoms with E-state index in [0.29, 0.717) is 11.7 Å². The first-order valence-corrected chi connectivity index (χ1v) is 7.76. The van der Waals surface area contributed by atoms with Gasteiger partial charge in [-0.3, -0.25) is 4.79 Å². The summed E-state index contributed by atoms with van der Waals surface area (Å²) in [6.45, 7) is 0.217. The van der Waals surface area contributed by atoms with E-state index >= 15 is 0 Å². The monoisotopic (exact) mass is 341 g/mol. The number of carbonyl (C=O) groups excluding carboxylic acids is 1. The van der Waals surface area contributed by atoms with Crippen LogP contribution in [0.5, 0.6) is 0 Å². The van der Waals surface area contributed by atoms with Gasteiger partial charge in [0.05, 0.1) is 5.69 Å². The molecule has 1 amide bonds. The van der Waals surface area contributed by atoms with E-state index in [4.69, 9.17) is 4.52 Å². The minimum absolute atomic E-state index is 0.0562. The average molecular weight is 341 g/mol. The third-order valence-corrected chi connectivity index (χ3v) is 4.15. The predicted octanol–water partition coefficient (Wildman–Crippen LogP) is 3.54. The number of aromatic nitrogens is 2. The van der Waals surface area contributed by atoms with Gasteiger partial charge in [0.1, 0.15) is 11.6 Å². The van der Waals surface area contributed by atoms with Crippen LogP contribution in [-0.4, -0.2) is 22.6 Å². The molecule has 0 saturated carbocycles. The van der Waals surface area contributed by atoms with Crippen molar-refractivity contribution in [1.82, 2.24) is 10.1 Å². The second kappa shape index (κ2) is 6.08. The molecule has 126 valence electrons. The van der Waals surface area contributed by atoms with Crippen LogP contribution in [0.2, 0.25) is 0 Å². The molecule has 1 fully saturated rings. The Morgan fingerprint density at radius 1 is 1.12 bits per heavy atom. The zero-order chi connectivity index (χ0) is 17.4. The Balaban J connectivity index is 1.57. The van der Waals surface area contributed by atoms with Gasteiger partial charge in [-0.1, -0.05) is 23.4 Å². The number of halogens is 2. The van der Waals surface area contributed by atoms with E-state index in [2.05, 4.69) is 10.1 Å². The van der Waals surface area contributed by atoms with Crippen molar-refractivity contribution in [2.24, 2.45) is 0 Å². The van der Waals surface area contributed by atoms with E-state index in [9.17, 15) is 13.6 Å². The topological polar surface area (TPSA) is 59.2 Å². The molecule has 0 spiro atoms. The standard InChI is InChI=1S/C18H13F2N3O2/c19-13-6-7-15(14(20)9-13)23-10-12(8-16(23)24)17-21-18(25-22-17)11-4-2-1-3-5-11/h1-7,9,12H,8,10H2. The molecule has 7 heteroatoms. The molecule has 2 aromatic carbocycles. The predicted molar refractivity (Wildman–Crippen MR) is 85.8 cm³/mol. The van der Waals surface area contributed by atoms with Gasteiger partial charge in [0.25, 0.3) is 5.89 Å². The summed E-state index contributed by atoms with van der Waals surface area (Å²) in [5, 5.41) is 3.95. The Bertz CT molecular complexity index is 927. The highest BCUT2D eigenvalue weighted by Crippen LogP contribution is 2.32. The van der Waals surface area contributed by atoms with Crippen molar-refractivity contribution in [3.63, 3.8) is 0 Å². The minimum Gasteiger partial charge on any atom is -0.334 e. The van der Waals surface area contributed by atoms with Crippen LogP contribution in [0.4, 0.5) is 14.5 Å². The van der Waals surface area contributed by atoms with Gasteiger partial charge in [-0.25, -0.2) is 8.78 Å². The second-order valence-corrected chi connectivity index (χ2v) is 5.82. The summed E-state index contributed by atoms with van der Waals surface area (Å²) < 4.78 is 32.3. The van der Waals surface area contributed by atoms with Gasteiger partial charge >= 0.3 is 0 Å². The summed E-state index contributed by atoms with van der Waals surface area (Å²) in [4.78, 5) is 17.9. The normalized spacial score (nSPS) is 17.3. The molecule has 1 aliphatic heterocycles. The number of rotatable bonds is 3. The highest BCUT2D eigenvalue weighted by molar-refractivity contribution is 5.96. The number of benzene rings is 2. The summed E-state index contributed by atoms with van der Waals surface area (Å²) in [6, 6.07) is 12.4. The first-order chi connectivity index (χ1) is 12.1. The number of hydrogen-bond acceptors (Lipinski definition) is 4. The maximum absolute atomic E-state index is 13.9. The second-order valence-electron chi connectivity index (χ2n) is 5.82. The maximum atomic E-state index is 13.9. The van der Waals surface area contributed by atoms with Crippen LogP contribution in [-0.2, 0) is 4.79 Å². The van der Waals surface area contributed by atoms with Crippen LogP contribution in [0.25, 0.3) is 11.5 Å². The van der Waals surface area contributed by atoms with Gasteiger partial charge in [0.15, 0.2) is 5.82 Å². The molecule has 25 heavy (non-hydrogen) atoms. The fourth-order valence-corrected chi connectivity index (χ4v) is 2.91. The molecule has 4 rings (SSSR count). The number of carbonyl (C=O) groups is 1. The average Bonchev–Trinajstić information content (AvgIpc) is 3.23. The van der Waals surface area contributed by atoms with Gasteiger partial charge in [-0.2, -0.15) is 4.98 Å². The van der Waals surface area contributed by atoms with E-state index in [0.717, 1.165) is 17.7 Å². The van der Waals surface area contributed by atoms with Crippen LogP contribution < -0.4 is 4.90 Å². The van der Waals surface area contributed by atoms with E-state index < -0.39 is 11.6 Å². The molecule has 0 radical (unpaired) electrons. The van der Waals surface area contributed by atoms with Crippen molar-refractivity contribution in [3.8, 4) is 11.5 Å². The van der Waals surface area contributed by atoms with Crippen molar-refractivity contribution in [2.75, 3.05) is 11.4 Å². The summed E-state index contributed by atoms with van der Waals surface area (Å²) >= 11 is 0. The molecule has 1 saturated heterocycles. The zero-order valence-corrected chi connectivity index (χ0v) is 13.0. The Morgan fingerprint density at radius 3 is 2.68 bits per heavy atom. The first-order valence-electron chi connectivity index (χ1n) is 7.76. The SMILES string of the molecule is O=C1CC(c2noc(-c3ccccc3)n2)CN1c1ccc(F)cc1F. The van der Waals surface area contributed by atoms with Crippen molar-refractivity contribution < 1.29 is 18.1 Å². The molecule has 5 nitrogen and oxygen atoms in total. The lowest BCUT2D eigenvalue weighted by molar-refractivity contribution is -0.117. The zero-order valence-electron chi connectivity index (χ0n) is 13.0. The van der Waals surface area contributed by atoms with Crippen molar-refractivity contribution in [1.29, 1.82) is 0 Å². The van der Waals surface area contributed by atoms with Gasteiger partial charge < -0.3 is 9.42 Å². The van der Waals surface area contributed by atoms with Gasteiger partial charge in [-0.15, -0.1) is 0 Å². The van der Waals surface area contributed by atoms with Gasteiger partial charge in [0, 0.05) is 30.5 Å². The smallest absolute Gasteiger partial charge is 0.257 e. The Labute approximate surface area is 141 Å². The van der Waals surface area contributed by atoms with Crippen molar-refractivity contribution in [3.05, 3.63) is 66.0 Å². The largest absolute Gasteiger partial charge is 0.334 e. The van der Waals surface area contributed by atoms with Crippen LogP contribution in [0.1, 0.15) is 18.2 Å². The molecule has 1 aromatic heterocycles. The highest BCUT2D eigenvalue weighted by atomic mass is 19.1. The molecule has 0 aliphatic carbocycles. The number of amides is 1. The van der Waals surface area contributed by atoms with Crippen LogP contribution in [0, 0.1) is 11.6 Å². The molecular weight excluding hydrogens is 328 g/mol. The van der Waals surface area contributed by atoms with Gasteiger partial charge in [0.2, 0.25) is 5.91 Å². The third-order valence-electron chi connectivity index (χ3n) is 4.15. The molecule has 1 atom stereocenters. The Hall–Kier alpha value is -3.09. The third kappa shape index (κ3) is 2.88. The fraction of sp³-hybridized carbons (Fsp3) is 0.167. The lowest BCUT2D eigenvalue weighted by atomic mass is 10.1. The Morgan fingerprint density at radius 2 is 1.92 bits per heavy atom. The summed E-state index contributed by atoms with van der Waals surface area (Å²) in [6.07, 6.45) is 0.143. The van der Waals surface area contributed by atoms with Gasteiger partial charge in [-0.05, 0) is 24.3 Å². The molecular formula is C18H13F2N3O2. The highest BCUT2D eigenvalue weighted by Gasteiger charge is 2.35. The molecule has 0 N–H and O–H groups in total. The van der Waals surface area contributed by atoms with Crippen LogP contribution in [0.3, 0.4) is 0 Å². The minimum atomic E-state index is -0.771. The molecule has 3 aromatic rings. The molecule has 1 unspecified atom stereocenters. The Kier molecular flexibility index (Phi) is 3.76. The van der Waals surface area contributed by atoms with Crippen LogP contribution >= 0.6 is 0 Å². The maximum Gasteiger partial charge on any atom is 0.257 e. The first kappa shape index (κ1) is 15.4. The summed E-state index contributed by atoms with van der Waals surface area (Å²) in [5.74, 6) is -1.26. The fourth-order valence-electron chi connectivity index (χ4n) is 2.91. The number of nitrogens with zero attached hydrogens (tertiary/aromatic N) is 3. The van der Waals surface area contributed by atoms with E-state index in [1.54, 1.807) is 0 Å². The van der Waals surface area contributed by atoms with E-state index in [-0.39, 0.29) is 30.5 Å². The van der Waals surface area contributed by atoms with Crippen molar-refractivity contribution in [2.45, 2.75) is 12.3 Å². The number of hydrogen-bond donors (Lipinski definition) is 0. The molecule has 0 bridgehead atoms. The quantitative estimate of drug-likeness (QED) is 0.731. The van der Waals surface area contributed by atoms with Crippen molar-refractivity contribution >= 4 is 11.6 Å². The molecule has 2 heterocycles. The molecule has 1 aliphatic rings.